The lowest BCUT2D eigenvalue weighted by molar-refractivity contribution is -0.00446. The van der Waals surface area contributed by atoms with Crippen LogP contribution in [0.15, 0.2) is 29.6 Å². The molecule has 0 unspecified atom stereocenters. The number of aromatic nitrogens is 3. The monoisotopic (exact) mass is 371 g/mol. The van der Waals surface area contributed by atoms with Crippen LogP contribution in [0.3, 0.4) is 0 Å². The summed E-state index contributed by atoms with van der Waals surface area (Å²) in [6.07, 6.45) is 5.78. The Hall–Kier alpha value is -1.68. The quantitative estimate of drug-likeness (QED) is 0.836. The first-order chi connectivity index (χ1) is 11.4. The standard InChI is InChI=1S/C14H18ClN5O3S/c1-20-8-9(6-18-20)13-11(3-2-4-23-13)19-24(21,22)12-5-10(15)7-17-14(12)16/h5-8,11,13,19H,2-4H2,1H3,(H2,16,17)/t11-,13+/m0/s1. The van der Waals surface area contributed by atoms with Gasteiger partial charge in [0.1, 0.15) is 16.8 Å². The first-order valence-electron chi connectivity index (χ1n) is 7.40. The molecule has 3 rings (SSSR count). The summed E-state index contributed by atoms with van der Waals surface area (Å²) >= 11 is 5.85. The zero-order valence-corrected chi connectivity index (χ0v) is 14.6. The van der Waals surface area contributed by atoms with Crippen LogP contribution >= 0.6 is 11.6 Å². The van der Waals surface area contributed by atoms with Crippen LogP contribution in [0.2, 0.25) is 5.02 Å². The molecule has 2 aromatic rings. The number of rotatable bonds is 4. The van der Waals surface area contributed by atoms with Gasteiger partial charge < -0.3 is 10.5 Å². The van der Waals surface area contributed by atoms with Gasteiger partial charge in [-0.05, 0) is 18.9 Å². The summed E-state index contributed by atoms with van der Waals surface area (Å²) in [6.45, 7) is 0.568. The summed E-state index contributed by atoms with van der Waals surface area (Å²) in [5.41, 5.74) is 6.52. The maximum Gasteiger partial charge on any atom is 0.244 e. The van der Waals surface area contributed by atoms with E-state index in [0.29, 0.717) is 13.0 Å². The van der Waals surface area contributed by atoms with Crippen molar-refractivity contribution >= 4 is 27.4 Å². The molecule has 2 atom stereocenters. The topological polar surface area (TPSA) is 112 Å². The van der Waals surface area contributed by atoms with E-state index in [4.69, 9.17) is 22.1 Å². The number of nitrogens with zero attached hydrogens (tertiary/aromatic N) is 3. The number of pyridine rings is 1. The van der Waals surface area contributed by atoms with Crippen LogP contribution in [0.4, 0.5) is 5.82 Å². The van der Waals surface area contributed by atoms with E-state index in [1.165, 1.54) is 12.3 Å². The Morgan fingerprint density at radius 1 is 1.46 bits per heavy atom. The molecule has 8 nitrogen and oxygen atoms in total. The number of halogens is 1. The molecule has 0 amide bonds. The molecule has 0 radical (unpaired) electrons. The number of aryl methyl sites for hydroxylation is 1. The summed E-state index contributed by atoms with van der Waals surface area (Å²) in [5, 5.41) is 4.32. The van der Waals surface area contributed by atoms with Gasteiger partial charge in [0.05, 0.1) is 17.3 Å². The van der Waals surface area contributed by atoms with E-state index in [9.17, 15) is 8.42 Å². The maximum absolute atomic E-state index is 12.7. The summed E-state index contributed by atoms with van der Waals surface area (Å²) in [5.74, 6) is -0.0958. The fourth-order valence-electron chi connectivity index (χ4n) is 2.73. The summed E-state index contributed by atoms with van der Waals surface area (Å²) in [7, 11) is -2.08. The molecule has 1 aliphatic heterocycles. The van der Waals surface area contributed by atoms with Crippen LogP contribution < -0.4 is 10.5 Å². The van der Waals surface area contributed by atoms with Gasteiger partial charge in [-0.3, -0.25) is 4.68 Å². The van der Waals surface area contributed by atoms with E-state index in [1.54, 1.807) is 17.9 Å². The van der Waals surface area contributed by atoms with Gasteiger partial charge in [0.2, 0.25) is 10.0 Å². The Morgan fingerprint density at radius 2 is 2.25 bits per heavy atom. The number of nitrogens with two attached hydrogens (primary N) is 1. The summed E-state index contributed by atoms with van der Waals surface area (Å²) in [6, 6.07) is 0.862. The van der Waals surface area contributed by atoms with E-state index in [2.05, 4.69) is 14.8 Å². The van der Waals surface area contributed by atoms with Crippen molar-refractivity contribution in [3.63, 3.8) is 0 Å². The second kappa shape index (κ2) is 6.67. The molecule has 24 heavy (non-hydrogen) atoms. The van der Waals surface area contributed by atoms with E-state index in [1.807, 2.05) is 6.20 Å². The Bertz CT molecular complexity index is 839. The second-order valence-corrected chi connectivity index (χ2v) is 7.76. The largest absolute Gasteiger partial charge is 0.383 e. The molecule has 3 N–H and O–H groups in total. The van der Waals surface area contributed by atoms with Crippen LogP contribution in [0.25, 0.3) is 0 Å². The molecular weight excluding hydrogens is 354 g/mol. The number of ether oxygens (including phenoxy) is 1. The molecule has 0 aromatic carbocycles. The molecule has 1 aliphatic rings. The number of nitrogens with one attached hydrogen (secondary N) is 1. The van der Waals surface area contributed by atoms with E-state index in [-0.39, 0.29) is 15.7 Å². The third-order valence-electron chi connectivity index (χ3n) is 3.82. The van der Waals surface area contributed by atoms with Gasteiger partial charge in [0, 0.05) is 31.6 Å². The first kappa shape index (κ1) is 17.2. The molecule has 1 fully saturated rings. The van der Waals surface area contributed by atoms with Crippen LogP contribution in [-0.4, -0.2) is 35.8 Å². The van der Waals surface area contributed by atoms with Crippen molar-refractivity contribution in [3.05, 3.63) is 35.2 Å². The summed E-state index contributed by atoms with van der Waals surface area (Å²) < 4.78 is 35.5. The van der Waals surface area contributed by atoms with Crippen molar-refractivity contribution in [2.75, 3.05) is 12.3 Å². The van der Waals surface area contributed by atoms with E-state index < -0.39 is 22.2 Å². The van der Waals surface area contributed by atoms with Crippen molar-refractivity contribution in [1.29, 1.82) is 0 Å². The number of hydrogen-bond acceptors (Lipinski definition) is 6. The van der Waals surface area contributed by atoms with Crippen LogP contribution in [-0.2, 0) is 21.8 Å². The van der Waals surface area contributed by atoms with Gasteiger partial charge in [0.15, 0.2) is 0 Å². The highest BCUT2D eigenvalue weighted by Crippen LogP contribution is 2.30. The Balaban J connectivity index is 1.88. The zero-order valence-electron chi connectivity index (χ0n) is 13.0. The fraction of sp³-hybridized carbons (Fsp3) is 0.429. The van der Waals surface area contributed by atoms with Crippen molar-refractivity contribution < 1.29 is 13.2 Å². The van der Waals surface area contributed by atoms with Gasteiger partial charge in [-0.15, -0.1) is 0 Å². The molecule has 1 saturated heterocycles. The fourth-order valence-corrected chi connectivity index (χ4v) is 4.33. The number of hydrogen-bond donors (Lipinski definition) is 2. The maximum atomic E-state index is 12.7. The van der Waals surface area contributed by atoms with Crippen LogP contribution in [0, 0.1) is 0 Å². The van der Waals surface area contributed by atoms with Gasteiger partial charge >= 0.3 is 0 Å². The van der Waals surface area contributed by atoms with Gasteiger partial charge in [-0.1, -0.05) is 11.6 Å². The minimum absolute atomic E-state index is 0.0958. The molecular formula is C14H18ClN5O3S. The molecule has 3 heterocycles. The van der Waals surface area contributed by atoms with Crippen LogP contribution in [0.5, 0.6) is 0 Å². The lowest BCUT2D eigenvalue weighted by atomic mass is 9.99. The zero-order chi connectivity index (χ0) is 17.3. The van der Waals surface area contributed by atoms with E-state index >= 15 is 0 Å². The molecule has 0 bridgehead atoms. The molecule has 0 saturated carbocycles. The predicted octanol–water partition coefficient (Wildman–Crippen LogP) is 1.25. The average Bonchev–Trinajstić information content (AvgIpc) is 2.96. The molecule has 130 valence electrons. The molecule has 0 aliphatic carbocycles. The third kappa shape index (κ3) is 3.54. The lowest BCUT2D eigenvalue weighted by Crippen LogP contribution is -2.42. The van der Waals surface area contributed by atoms with Gasteiger partial charge in [-0.25, -0.2) is 18.1 Å². The average molecular weight is 372 g/mol. The van der Waals surface area contributed by atoms with Crippen LogP contribution in [0.1, 0.15) is 24.5 Å². The van der Waals surface area contributed by atoms with Crippen molar-refractivity contribution in [3.8, 4) is 0 Å². The predicted molar refractivity (Wildman–Crippen MR) is 88.9 cm³/mol. The van der Waals surface area contributed by atoms with Crippen molar-refractivity contribution in [2.24, 2.45) is 7.05 Å². The highest BCUT2D eigenvalue weighted by molar-refractivity contribution is 7.89. The number of anilines is 1. The van der Waals surface area contributed by atoms with E-state index in [0.717, 1.165) is 12.0 Å². The minimum atomic E-state index is -3.88. The highest BCUT2D eigenvalue weighted by Gasteiger charge is 2.33. The second-order valence-electron chi connectivity index (χ2n) is 5.65. The lowest BCUT2D eigenvalue weighted by Gasteiger charge is -2.31. The number of nitrogen functional groups attached to an aromatic ring is 1. The van der Waals surface area contributed by atoms with Gasteiger partial charge in [0.25, 0.3) is 0 Å². The molecule has 0 spiro atoms. The SMILES string of the molecule is Cn1cc([C@H]2OCCC[C@@H]2NS(=O)(=O)c2cc(Cl)cnc2N)cn1. The van der Waals surface area contributed by atoms with Crippen molar-refractivity contribution in [2.45, 2.75) is 29.9 Å². The molecule has 2 aromatic heterocycles. The van der Waals surface area contributed by atoms with Gasteiger partial charge in [-0.2, -0.15) is 5.10 Å². The Kier molecular flexibility index (Phi) is 4.77. The Labute approximate surface area is 145 Å². The van der Waals surface area contributed by atoms with Crippen molar-refractivity contribution in [1.82, 2.24) is 19.5 Å². The summed E-state index contributed by atoms with van der Waals surface area (Å²) in [4.78, 5) is 3.67. The number of sulfonamides is 1. The smallest absolute Gasteiger partial charge is 0.244 e. The first-order valence-corrected chi connectivity index (χ1v) is 9.26. The minimum Gasteiger partial charge on any atom is -0.383 e. The normalized spacial score (nSPS) is 21.8. The highest BCUT2D eigenvalue weighted by atomic mass is 35.5. The third-order valence-corrected chi connectivity index (χ3v) is 5.55. The molecule has 10 heteroatoms. The Morgan fingerprint density at radius 3 is 2.96 bits per heavy atom.